The van der Waals surface area contributed by atoms with Crippen LogP contribution in [0.5, 0.6) is 0 Å². The highest BCUT2D eigenvalue weighted by molar-refractivity contribution is 5.85. The SMILES string of the molecule is CNC1CCCN(CC(=O)N2CCC(NC(=O)CCc3ccccc3)CC2)C1.Cl. The average Bonchev–Trinajstić information content (AvgIpc) is 2.73. The van der Waals surface area contributed by atoms with E-state index in [0.29, 0.717) is 19.0 Å². The van der Waals surface area contributed by atoms with Crippen molar-refractivity contribution in [3.05, 3.63) is 35.9 Å². The van der Waals surface area contributed by atoms with E-state index in [1.807, 2.05) is 30.1 Å². The quantitative estimate of drug-likeness (QED) is 0.703. The summed E-state index contributed by atoms with van der Waals surface area (Å²) in [5.74, 6) is 0.339. The van der Waals surface area contributed by atoms with E-state index in [9.17, 15) is 9.59 Å². The molecule has 2 N–H and O–H groups in total. The van der Waals surface area contributed by atoms with Gasteiger partial charge in [0.2, 0.25) is 11.8 Å². The van der Waals surface area contributed by atoms with Crippen molar-refractivity contribution in [2.45, 2.75) is 50.6 Å². The Kier molecular flexibility index (Phi) is 9.91. The van der Waals surface area contributed by atoms with Gasteiger partial charge in [-0.15, -0.1) is 12.4 Å². The third-order valence-electron chi connectivity index (χ3n) is 5.97. The maximum Gasteiger partial charge on any atom is 0.236 e. The van der Waals surface area contributed by atoms with E-state index >= 15 is 0 Å². The molecule has 0 radical (unpaired) electrons. The van der Waals surface area contributed by atoms with Crippen LogP contribution in [0.15, 0.2) is 30.3 Å². The van der Waals surface area contributed by atoms with Crippen molar-refractivity contribution in [2.24, 2.45) is 0 Å². The molecular weight excluding hydrogens is 388 g/mol. The van der Waals surface area contributed by atoms with Gasteiger partial charge < -0.3 is 15.5 Å². The van der Waals surface area contributed by atoms with E-state index in [4.69, 9.17) is 0 Å². The summed E-state index contributed by atoms with van der Waals surface area (Å²) in [6.45, 7) is 3.97. The van der Waals surface area contributed by atoms with Gasteiger partial charge >= 0.3 is 0 Å². The minimum Gasteiger partial charge on any atom is -0.353 e. The van der Waals surface area contributed by atoms with Crippen molar-refractivity contribution >= 4 is 24.2 Å². The van der Waals surface area contributed by atoms with Crippen LogP contribution in [-0.2, 0) is 16.0 Å². The second-order valence-electron chi connectivity index (χ2n) is 8.07. The first-order chi connectivity index (χ1) is 13.6. The number of piperidine rings is 2. The highest BCUT2D eigenvalue weighted by Gasteiger charge is 2.26. The first kappa shape index (κ1) is 23.6. The molecule has 1 aromatic carbocycles. The lowest BCUT2D eigenvalue weighted by Gasteiger charge is -2.36. The lowest BCUT2D eigenvalue weighted by molar-refractivity contribution is -0.134. The number of nitrogens with zero attached hydrogens (tertiary/aromatic N) is 2. The number of hydrogen-bond donors (Lipinski definition) is 2. The third-order valence-corrected chi connectivity index (χ3v) is 5.97. The Labute approximate surface area is 180 Å². The van der Waals surface area contributed by atoms with E-state index in [1.54, 1.807) is 0 Å². The van der Waals surface area contributed by atoms with Crippen LogP contribution in [0, 0.1) is 0 Å². The van der Waals surface area contributed by atoms with Crippen molar-refractivity contribution in [2.75, 3.05) is 39.8 Å². The number of likely N-dealkylation sites (tertiary alicyclic amines) is 2. The van der Waals surface area contributed by atoms with Gasteiger partial charge in [-0.25, -0.2) is 0 Å². The molecule has 1 unspecified atom stereocenters. The van der Waals surface area contributed by atoms with Gasteiger partial charge in [0.05, 0.1) is 6.54 Å². The van der Waals surface area contributed by atoms with Gasteiger partial charge in [-0.1, -0.05) is 30.3 Å². The molecular formula is C22H35ClN4O2. The zero-order chi connectivity index (χ0) is 19.8. The number of amides is 2. The maximum atomic E-state index is 12.6. The molecule has 0 bridgehead atoms. The van der Waals surface area contributed by atoms with E-state index in [2.05, 4.69) is 27.7 Å². The topological polar surface area (TPSA) is 64.7 Å². The summed E-state index contributed by atoms with van der Waals surface area (Å²) in [7, 11) is 1.99. The van der Waals surface area contributed by atoms with Gasteiger partial charge in [-0.2, -0.15) is 0 Å². The molecule has 1 atom stereocenters. The zero-order valence-corrected chi connectivity index (χ0v) is 18.3. The minimum atomic E-state index is 0. The number of nitrogens with one attached hydrogen (secondary N) is 2. The number of rotatable bonds is 7. The predicted molar refractivity (Wildman–Crippen MR) is 118 cm³/mol. The van der Waals surface area contributed by atoms with Gasteiger partial charge in [0.15, 0.2) is 0 Å². The summed E-state index contributed by atoms with van der Waals surface area (Å²) in [6.07, 6.45) is 5.33. The highest BCUT2D eigenvalue weighted by Crippen LogP contribution is 2.14. The first-order valence-corrected chi connectivity index (χ1v) is 10.6. The number of aryl methyl sites for hydroxylation is 1. The van der Waals surface area contributed by atoms with Gasteiger partial charge in [-0.3, -0.25) is 14.5 Å². The molecule has 0 saturated carbocycles. The number of carbonyl (C=O) groups excluding carboxylic acids is 2. The molecule has 29 heavy (non-hydrogen) atoms. The first-order valence-electron chi connectivity index (χ1n) is 10.6. The van der Waals surface area contributed by atoms with Gasteiger partial charge in [-0.05, 0) is 51.3 Å². The largest absolute Gasteiger partial charge is 0.353 e. The molecule has 2 heterocycles. The average molecular weight is 423 g/mol. The number of benzene rings is 1. The standard InChI is InChI=1S/C22H34N4O2.ClH/c1-23-20-8-5-13-25(16-20)17-22(28)26-14-11-19(12-15-26)24-21(27)10-9-18-6-3-2-4-7-18;/h2-4,6-7,19-20,23H,5,8-17H2,1H3,(H,24,27);1H. The zero-order valence-electron chi connectivity index (χ0n) is 17.4. The molecule has 0 aromatic heterocycles. The maximum absolute atomic E-state index is 12.6. The van der Waals surface area contributed by atoms with E-state index in [-0.39, 0.29) is 30.3 Å². The van der Waals surface area contributed by atoms with E-state index in [0.717, 1.165) is 51.9 Å². The smallest absolute Gasteiger partial charge is 0.236 e. The lowest BCUT2D eigenvalue weighted by Crippen LogP contribution is -2.51. The summed E-state index contributed by atoms with van der Waals surface area (Å²) < 4.78 is 0. The molecule has 2 aliphatic rings. The molecule has 7 heteroatoms. The molecule has 1 aromatic rings. The fraction of sp³-hybridized carbons (Fsp3) is 0.636. The number of carbonyl (C=O) groups is 2. The molecule has 3 rings (SSSR count). The normalized spacial score (nSPS) is 20.7. The minimum absolute atomic E-state index is 0. The molecule has 2 aliphatic heterocycles. The Morgan fingerprint density at radius 1 is 1.03 bits per heavy atom. The predicted octanol–water partition coefficient (Wildman–Crippen LogP) is 1.83. The van der Waals surface area contributed by atoms with Gasteiger partial charge in [0.25, 0.3) is 0 Å². The summed E-state index contributed by atoms with van der Waals surface area (Å²) in [5, 5.41) is 6.47. The second kappa shape index (κ2) is 12.2. The van der Waals surface area contributed by atoms with Crippen LogP contribution in [0.2, 0.25) is 0 Å². The third kappa shape index (κ3) is 7.61. The summed E-state index contributed by atoms with van der Waals surface area (Å²) in [6, 6.07) is 10.8. The van der Waals surface area contributed by atoms with Crippen LogP contribution in [-0.4, -0.2) is 73.5 Å². The molecule has 0 spiro atoms. The monoisotopic (exact) mass is 422 g/mol. The van der Waals surface area contributed by atoms with Crippen LogP contribution in [0.4, 0.5) is 0 Å². The van der Waals surface area contributed by atoms with Crippen LogP contribution >= 0.6 is 12.4 Å². The lowest BCUT2D eigenvalue weighted by atomic mass is 10.0. The fourth-order valence-corrected chi connectivity index (χ4v) is 4.20. The van der Waals surface area contributed by atoms with Crippen molar-refractivity contribution in [1.29, 1.82) is 0 Å². The Bertz CT molecular complexity index is 635. The second-order valence-corrected chi connectivity index (χ2v) is 8.07. The molecule has 6 nitrogen and oxygen atoms in total. The Morgan fingerprint density at radius 2 is 1.76 bits per heavy atom. The Hall–Kier alpha value is -1.63. The fourth-order valence-electron chi connectivity index (χ4n) is 4.20. The summed E-state index contributed by atoms with van der Waals surface area (Å²) in [4.78, 5) is 29.1. The van der Waals surface area contributed by atoms with Crippen molar-refractivity contribution in [3.8, 4) is 0 Å². The molecule has 2 amide bonds. The van der Waals surface area contributed by atoms with E-state index < -0.39 is 0 Å². The van der Waals surface area contributed by atoms with Gasteiger partial charge in [0, 0.05) is 38.1 Å². The summed E-state index contributed by atoms with van der Waals surface area (Å²) in [5.41, 5.74) is 1.19. The van der Waals surface area contributed by atoms with Crippen LogP contribution in [0.1, 0.15) is 37.7 Å². The van der Waals surface area contributed by atoms with Crippen LogP contribution < -0.4 is 10.6 Å². The van der Waals surface area contributed by atoms with Crippen LogP contribution in [0.25, 0.3) is 0 Å². The molecule has 0 aliphatic carbocycles. The van der Waals surface area contributed by atoms with E-state index in [1.165, 1.54) is 12.0 Å². The van der Waals surface area contributed by atoms with Gasteiger partial charge in [0.1, 0.15) is 0 Å². The Balaban J connectivity index is 0.00000300. The van der Waals surface area contributed by atoms with Crippen LogP contribution in [0.3, 0.4) is 0 Å². The van der Waals surface area contributed by atoms with Crippen molar-refractivity contribution in [3.63, 3.8) is 0 Å². The van der Waals surface area contributed by atoms with Crippen molar-refractivity contribution in [1.82, 2.24) is 20.4 Å². The number of halogens is 1. The molecule has 2 fully saturated rings. The summed E-state index contributed by atoms with van der Waals surface area (Å²) >= 11 is 0. The molecule has 2 saturated heterocycles. The Morgan fingerprint density at radius 3 is 2.45 bits per heavy atom. The highest BCUT2D eigenvalue weighted by atomic mass is 35.5. The number of likely N-dealkylation sites (N-methyl/N-ethyl adjacent to an activating group) is 1. The van der Waals surface area contributed by atoms with Crippen molar-refractivity contribution < 1.29 is 9.59 Å². The number of hydrogen-bond acceptors (Lipinski definition) is 4. The molecule has 162 valence electrons.